The van der Waals surface area contributed by atoms with Crippen LogP contribution >= 0.6 is 34.2 Å². The predicted octanol–water partition coefficient (Wildman–Crippen LogP) is 3.67. The summed E-state index contributed by atoms with van der Waals surface area (Å²) in [5.74, 6) is 0.615. The molecule has 0 spiro atoms. The molecule has 0 unspecified atom stereocenters. The summed E-state index contributed by atoms with van der Waals surface area (Å²) in [6.45, 7) is 7.62. The van der Waals surface area contributed by atoms with Gasteiger partial charge in [0.1, 0.15) is 3.70 Å². The molecular weight excluding hydrogens is 403 g/mol. The average Bonchev–Trinajstić information content (AvgIpc) is 2.38. The van der Waals surface area contributed by atoms with Crippen LogP contribution in [0, 0.1) is 9.12 Å². The summed E-state index contributed by atoms with van der Waals surface area (Å²) < 4.78 is 11.6. The van der Waals surface area contributed by atoms with Crippen molar-refractivity contribution in [1.29, 1.82) is 0 Å². The molecule has 6 heteroatoms. The molecule has 2 N–H and O–H groups in total. The van der Waals surface area contributed by atoms with Crippen LogP contribution in [0.3, 0.4) is 0 Å². The molecule has 0 saturated carbocycles. The summed E-state index contributed by atoms with van der Waals surface area (Å²) in [5, 5.41) is 0.393. The Morgan fingerprint density at radius 2 is 2.05 bits per heavy atom. The quantitative estimate of drug-likeness (QED) is 0.411. The fourth-order valence-corrected chi connectivity index (χ4v) is 2.62. The molecule has 1 heterocycles. The largest absolute Gasteiger partial charge is 0.490 e. The number of hydrogen-bond donors (Lipinski definition) is 1. The minimum Gasteiger partial charge on any atom is -0.490 e. The highest BCUT2D eigenvalue weighted by Crippen LogP contribution is 2.29. The average molecular weight is 427 g/mol. The topological polar surface area (TPSA) is 57.4 Å². The van der Waals surface area contributed by atoms with Crippen LogP contribution in [0.1, 0.15) is 32.8 Å². The lowest BCUT2D eigenvalue weighted by Crippen LogP contribution is -2.37. The van der Waals surface area contributed by atoms with Crippen LogP contribution in [0.5, 0.6) is 5.75 Å². The summed E-state index contributed by atoms with van der Waals surface area (Å²) in [6, 6.07) is 2.01. The molecule has 0 aliphatic carbocycles. The van der Waals surface area contributed by atoms with Crippen LogP contribution in [0.15, 0.2) is 6.07 Å². The molecule has 0 saturated heterocycles. The Morgan fingerprint density at radius 3 is 2.62 bits per heavy atom. The van der Waals surface area contributed by atoms with Crippen molar-refractivity contribution >= 4 is 34.2 Å². The maximum absolute atomic E-state index is 6.26. The van der Waals surface area contributed by atoms with Crippen molar-refractivity contribution < 1.29 is 9.47 Å². The predicted molar refractivity (Wildman–Crippen MR) is 95.1 cm³/mol. The van der Waals surface area contributed by atoms with E-state index < -0.39 is 0 Å². The number of nitrogens with zero attached hydrogens (tertiary/aromatic N) is 1. The summed E-state index contributed by atoms with van der Waals surface area (Å²) in [6.07, 6.45) is 1.57. The lowest BCUT2D eigenvalue weighted by molar-refractivity contribution is 0.172. The lowest BCUT2D eigenvalue weighted by atomic mass is 9.84. The third-order valence-electron chi connectivity index (χ3n) is 3.27. The smallest absolute Gasteiger partial charge is 0.172 e. The molecule has 0 bridgehead atoms. The maximum Gasteiger partial charge on any atom is 0.172 e. The van der Waals surface area contributed by atoms with E-state index in [1.54, 1.807) is 7.11 Å². The van der Waals surface area contributed by atoms with Crippen molar-refractivity contribution in [2.24, 2.45) is 11.1 Å². The van der Waals surface area contributed by atoms with Crippen LogP contribution in [0.2, 0.25) is 5.15 Å². The molecule has 0 aromatic carbocycles. The highest BCUT2D eigenvalue weighted by atomic mass is 127. The van der Waals surface area contributed by atoms with E-state index in [4.69, 9.17) is 26.8 Å². The minimum atomic E-state index is 0.0439. The third kappa shape index (κ3) is 6.26. The van der Waals surface area contributed by atoms with Crippen LogP contribution in [-0.4, -0.2) is 31.3 Å². The first-order chi connectivity index (χ1) is 9.75. The van der Waals surface area contributed by atoms with Gasteiger partial charge in [-0.2, -0.15) is 0 Å². The fraction of sp³-hybridized carbons (Fsp3) is 0.667. The van der Waals surface area contributed by atoms with Gasteiger partial charge >= 0.3 is 0 Å². The SMILES string of the molecule is COCCCOc1cc(C[C@H](N)C(C)(C)C)c(I)nc1Cl. The Hall–Kier alpha value is -0.110. The first-order valence-corrected chi connectivity index (χ1v) is 8.43. The molecule has 4 nitrogen and oxygen atoms in total. The normalized spacial score (nSPS) is 13.3. The van der Waals surface area contributed by atoms with Gasteiger partial charge in [0.15, 0.2) is 10.9 Å². The molecular formula is C15H24ClIN2O2. The van der Waals surface area contributed by atoms with Gasteiger partial charge in [-0.25, -0.2) is 4.98 Å². The number of ether oxygens (including phenoxy) is 2. The first-order valence-electron chi connectivity index (χ1n) is 6.98. The van der Waals surface area contributed by atoms with Crippen molar-refractivity contribution in [3.05, 3.63) is 20.5 Å². The van der Waals surface area contributed by atoms with Crippen LogP contribution in [0.25, 0.3) is 0 Å². The standard InChI is InChI=1S/C15H24ClIN2O2/c1-15(2,3)12(18)9-10-8-11(13(16)19-14(10)17)21-7-5-6-20-4/h8,12H,5-7,9,18H2,1-4H3/t12-/m0/s1. The van der Waals surface area contributed by atoms with Crippen LogP contribution < -0.4 is 10.5 Å². The molecule has 1 atom stereocenters. The molecule has 21 heavy (non-hydrogen) atoms. The van der Waals surface area contributed by atoms with Crippen molar-refractivity contribution in [3.63, 3.8) is 0 Å². The van der Waals surface area contributed by atoms with E-state index >= 15 is 0 Å². The minimum absolute atomic E-state index is 0.0439. The second-order valence-corrected chi connectivity index (χ2v) is 7.48. The molecule has 120 valence electrons. The van der Waals surface area contributed by atoms with Crippen LogP contribution in [-0.2, 0) is 11.2 Å². The zero-order valence-electron chi connectivity index (χ0n) is 13.1. The van der Waals surface area contributed by atoms with Crippen molar-refractivity contribution in [1.82, 2.24) is 4.98 Å². The van der Waals surface area contributed by atoms with Gasteiger partial charge < -0.3 is 15.2 Å². The van der Waals surface area contributed by atoms with Gasteiger partial charge in [0.25, 0.3) is 0 Å². The Morgan fingerprint density at radius 1 is 1.38 bits per heavy atom. The van der Waals surface area contributed by atoms with E-state index in [0.717, 1.165) is 22.1 Å². The Kier molecular flexibility index (Phi) is 7.67. The van der Waals surface area contributed by atoms with Gasteiger partial charge in [-0.05, 0) is 46.1 Å². The van der Waals surface area contributed by atoms with Crippen LogP contribution in [0.4, 0.5) is 0 Å². The Balaban J connectivity index is 2.80. The number of aromatic nitrogens is 1. The van der Waals surface area contributed by atoms with Gasteiger partial charge in [0.2, 0.25) is 0 Å². The van der Waals surface area contributed by atoms with Crippen molar-refractivity contribution in [2.75, 3.05) is 20.3 Å². The summed E-state index contributed by atoms with van der Waals surface area (Å²) in [4.78, 5) is 4.35. The number of nitrogens with two attached hydrogens (primary N) is 1. The van der Waals surface area contributed by atoms with Gasteiger partial charge in [-0.1, -0.05) is 32.4 Å². The zero-order chi connectivity index (χ0) is 16.0. The molecule has 1 aromatic heterocycles. The first kappa shape index (κ1) is 18.9. The summed E-state index contributed by atoms with van der Waals surface area (Å²) in [5.41, 5.74) is 7.38. The van der Waals surface area contributed by atoms with Gasteiger partial charge in [0, 0.05) is 26.2 Å². The van der Waals surface area contributed by atoms with E-state index in [-0.39, 0.29) is 11.5 Å². The number of pyridine rings is 1. The fourth-order valence-electron chi connectivity index (χ4n) is 1.66. The van der Waals surface area contributed by atoms with E-state index in [2.05, 4.69) is 48.3 Å². The van der Waals surface area contributed by atoms with E-state index in [9.17, 15) is 0 Å². The molecule has 0 amide bonds. The molecule has 1 aromatic rings. The van der Waals surface area contributed by atoms with E-state index in [0.29, 0.717) is 24.1 Å². The number of hydrogen-bond acceptors (Lipinski definition) is 4. The molecule has 0 aliphatic heterocycles. The second kappa shape index (κ2) is 8.50. The third-order valence-corrected chi connectivity index (χ3v) is 4.48. The van der Waals surface area contributed by atoms with E-state index in [1.165, 1.54) is 0 Å². The van der Waals surface area contributed by atoms with Gasteiger partial charge in [0.05, 0.1) is 6.61 Å². The summed E-state index contributed by atoms with van der Waals surface area (Å²) >= 11 is 8.33. The number of methoxy groups -OCH3 is 1. The van der Waals surface area contributed by atoms with E-state index in [1.807, 2.05) is 6.07 Å². The highest BCUT2D eigenvalue weighted by Gasteiger charge is 2.22. The van der Waals surface area contributed by atoms with Gasteiger partial charge in [-0.15, -0.1) is 0 Å². The Labute approximate surface area is 145 Å². The molecule has 0 aliphatic rings. The van der Waals surface area contributed by atoms with Crippen molar-refractivity contribution in [3.8, 4) is 5.75 Å². The molecule has 0 fully saturated rings. The summed E-state index contributed by atoms with van der Waals surface area (Å²) in [7, 11) is 1.67. The second-order valence-electron chi connectivity index (χ2n) is 6.10. The number of halogens is 2. The molecule has 1 rings (SSSR count). The van der Waals surface area contributed by atoms with Gasteiger partial charge in [-0.3, -0.25) is 0 Å². The Bertz CT molecular complexity index is 464. The maximum atomic E-state index is 6.26. The zero-order valence-corrected chi connectivity index (χ0v) is 16.0. The lowest BCUT2D eigenvalue weighted by Gasteiger charge is -2.27. The van der Waals surface area contributed by atoms with Crippen molar-refractivity contribution in [2.45, 2.75) is 39.7 Å². The molecule has 0 radical (unpaired) electrons. The number of rotatable bonds is 7. The monoisotopic (exact) mass is 426 g/mol. The highest BCUT2D eigenvalue weighted by molar-refractivity contribution is 14.1.